The van der Waals surface area contributed by atoms with Crippen LogP contribution in [0.4, 0.5) is 17.1 Å². The highest BCUT2D eigenvalue weighted by Gasteiger charge is 2.47. The molecule has 12 rings (SSSR count). The fourth-order valence-electron chi connectivity index (χ4n) is 10.8. The normalized spacial score (nSPS) is 12.4. The van der Waals surface area contributed by atoms with Crippen molar-refractivity contribution in [1.29, 1.82) is 0 Å². The number of hydrogen-bond acceptors (Lipinski definition) is 3. The van der Waals surface area contributed by atoms with E-state index in [1.54, 1.807) is 14.2 Å². The Labute approximate surface area is 415 Å². The Kier molecular flexibility index (Phi) is 11.2. The van der Waals surface area contributed by atoms with Crippen LogP contribution in [0.15, 0.2) is 255 Å². The third kappa shape index (κ3) is 7.58. The molecule has 4 heteroatoms. The summed E-state index contributed by atoms with van der Waals surface area (Å²) < 4.78 is 13.5. The SMILES string of the molecule is COc1ccc(N(c2ccc(/C=C/c3ccc4c(c3)C(c3ccccc3)(c3ccccc3)c3cc5c(cc3-4)c(-c3ccccc3)c(-c3ccccc3)n5-c3ccccc3)cc2)c2ccc(OC)cc2)cc1. The van der Waals surface area contributed by atoms with Crippen LogP contribution in [0.3, 0.4) is 0 Å². The zero-order valence-electron chi connectivity index (χ0n) is 39.6. The maximum Gasteiger partial charge on any atom is 0.119 e. The van der Waals surface area contributed by atoms with Crippen LogP contribution in [0.5, 0.6) is 11.5 Å². The first-order valence-electron chi connectivity index (χ1n) is 24.1. The Morgan fingerprint density at radius 3 is 1.39 bits per heavy atom. The lowest BCUT2D eigenvalue weighted by molar-refractivity contribution is 0.415. The Bertz CT molecular complexity index is 3580. The van der Waals surface area contributed by atoms with Gasteiger partial charge < -0.3 is 18.9 Å². The molecule has 0 saturated heterocycles. The highest BCUT2D eigenvalue weighted by Crippen LogP contribution is 2.58. The van der Waals surface area contributed by atoms with Gasteiger partial charge in [0.15, 0.2) is 0 Å². The number of aromatic nitrogens is 1. The van der Waals surface area contributed by atoms with Crippen LogP contribution in [0, 0.1) is 0 Å². The van der Waals surface area contributed by atoms with E-state index < -0.39 is 5.41 Å². The molecule has 0 radical (unpaired) electrons. The van der Waals surface area contributed by atoms with E-state index in [-0.39, 0.29) is 0 Å². The average Bonchev–Trinajstić information content (AvgIpc) is 3.93. The molecule has 1 heterocycles. The van der Waals surface area contributed by atoms with Gasteiger partial charge in [0.25, 0.3) is 0 Å². The van der Waals surface area contributed by atoms with Gasteiger partial charge in [0.1, 0.15) is 11.5 Å². The summed E-state index contributed by atoms with van der Waals surface area (Å²) in [5, 5.41) is 1.21. The van der Waals surface area contributed by atoms with E-state index >= 15 is 0 Å². The van der Waals surface area contributed by atoms with Crippen molar-refractivity contribution in [2.24, 2.45) is 0 Å². The van der Waals surface area contributed by atoms with Crippen LogP contribution in [-0.4, -0.2) is 18.8 Å². The number of hydrogen-bond donors (Lipinski definition) is 0. The monoisotopic (exact) mass is 914 g/mol. The van der Waals surface area contributed by atoms with E-state index in [4.69, 9.17) is 9.47 Å². The molecule has 4 nitrogen and oxygen atoms in total. The summed E-state index contributed by atoms with van der Waals surface area (Å²) in [6, 6.07) is 92.0. The Hall–Kier alpha value is -9.12. The smallest absolute Gasteiger partial charge is 0.119 e. The summed E-state index contributed by atoms with van der Waals surface area (Å²) in [7, 11) is 3.39. The predicted molar refractivity (Wildman–Crippen MR) is 295 cm³/mol. The van der Waals surface area contributed by atoms with Gasteiger partial charge in [-0.2, -0.15) is 0 Å². The van der Waals surface area contributed by atoms with Crippen molar-refractivity contribution in [3.63, 3.8) is 0 Å². The number of nitrogens with zero attached hydrogens (tertiary/aromatic N) is 2. The van der Waals surface area contributed by atoms with Gasteiger partial charge >= 0.3 is 0 Å². The number of rotatable bonds is 12. The first kappa shape index (κ1) is 43.2. The van der Waals surface area contributed by atoms with Gasteiger partial charge in [-0.25, -0.2) is 0 Å². The molecule has 10 aromatic carbocycles. The minimum Gasteiger partial charge on any atom is -0.497 e. The lowest BCUT2D eigenvalue weighted by atomic mass is 9.67. The molecule has 1 aliphatic rings. The van der Waals surface area contributed by atoms with Crippen LogP contribution in [0.1, 0.15) is 33.4 Å². The summed E-state index contributed by atoms with van der Waals surface area (Å²) >= 11 is 0. The van der Waals surface area contributed by atoms with E-state index in [0.717, 1.165) is 50.9 Å². The molecule has 71 heavy (non-hydrogen) atoms. The van der Waals surface area contributed by atoms with E-state index in [1.165, 1.54) is 61.2 Å². The molecule has 0 N–H and O–H groups in total. The number of anilines is 3. The number of para-hydroxylation sites is 1. The second kappa shape index (κ2) is 18.4. The van der Waals surface area contributed by atoms with Gasteiger partial charge in [-0.15, -0.1) is 0 Å². The van der Waals surface area contributed by atoms with E-state index in [9.17, 15) is 0 Å². The quantitative estimate of drug-likeness (QED) is 0.114. The Morgan fingerprint density at radius 1 is 0.408 bits per heavy atom. The maximum absolute atomic E-state index is 5.49. The standard InChI is InChI=1S/C67H50N2O2/c1-70-57-39-35-55(36-40-57)68(56-37-41-58(71-2)42-38-56)54-33-30-47(31-34-54)28-29-48-32-43-59-60-45-61-64(46-63(60)67(62(59)44-48,51-22-12-5-13-23-51)52-24-14-6-15-25-52)69(53-26-16-7-17-27-53)66(50-20-10-4-11-21-50)65(61)49-18-8-3-9-19-49/h3-46H,1-2H3/b29-28+. The Balaban J connectivity index is 1.03. The van der Waals surface area contributed by atoms with Gasteiger partial charge in [-0.3, -0.25) is 0 Å². The molecule has 0 unspecified atom stereocenters. The van der Waals surface area contributed by atoms with Crippen LogP contribution in [0.25, 0.3) is 62.3 Å². The highest BCUT2D eigenvalue weighted by molar-refractivity contribution is 6.09. The molecule has 0 atom stereocenters. The average molecular weight is 915 g/mol. The lowest BCUT2D eigenvalue weighted by Crippen LogP contribution is -2.28. The summed E-state index contributed by atoms with van der Waals surface area (Å²) in [6.45, 7) is 0. The van der Waals surface area contributed by atoms with Crippen LogP contribution in [-0.2, 0) is 5.41 Å². The largest absolute Gasteiger partial charge is 0.497 e. The molecular weight excluding hydrogens is 865 g/mol. The Morgan fingerprint density at radius 2 is 0.859 bits per heavy atom. The van der Waals surface area contributed by atoms with Crippen LogP contribution < -0.4 is 14.4 Å². The number of methoxy groups -OCH3 is 2. The molecule has 0 bridgehead atoms. The lowest BCUT2D eigenvalue weighted by Gasteiger charge is -2.34. The van der Waals surface area contributed by atoms with Crippen LogP contribution >= 0.6 is 0 Å². The summed E-state index contributed by atoms with van der Waals surface area (Å²) in [6.07, 6.45) is 4.48. The van der Waals surface area contributed by atoms with Crippen molar-refractivity contribution in [1.82, 2.24) is 4.57 Å². The molecule has 0 fully saturated rings. The molecule has 1 aliphatic carbocycles. The van der Waals surface area contributed by atoms with E-state index in [2.05, 4.69) is 252 Å². The second-order valence-corrected chi connectivity index (χ2v) is 18.0. The molecule has 0 saturated carbocycles. The molecule has 0 spiro atoms. The predicted octanol–water partition coefficient (Wildman–Crippen LogP) is 17.0. The van der Waals surface area contributed by atoms with E-state index in [0.29, 0.717) is 0 Å². The highest BCUT2D eigenvalue weighted by atomic mass is 16.5. The van der Waals surface area contributed by atoms with Crippen molar-refractivity contribution < 1.29 is 9.47 Å². The first-order valence-corrected chi connectivity index (χ1v) is 24.1. The number of fused-ring (bicyclic) bond motifs is 4. The minimum atomic E-state index is -0.620. The minimum absolute atomic E-state index is 0.620. The summed E-state index contributed by atoms with van der Waals surface area (Å²) in [4.78, 5) is 2.24. The van der Waals surface area contributed by atoms with Crippen molar-refractivity contribution in [3.05, 3.63) is 288 Å². The fraction of sp³-hybridized carbons (Fsp3) is 0.0448. The van der Waals surface area contributed by atoms with Crippen LogP contribution in [0.2, 0.25) is 0 Å². The van der Waals surface area contributed by atoms with Crippen molar-refractivity contribution in [3.8, 4) is 50.7 Å². The van der Waals surface area contributed by atoms with Gasteiger partial charge in [-0.1, -0.05) is 176 Å². The summed E-state index contributed by atoms with van der Waals surface area (Å²) in [5.41, 5.74) is 19.2. The molecular formula is C67H50N2O2. The molecule has 11 aromatic rings. The first-order chi connectivity index (χ1) is 35.1. The zero-order valence-corrected chi connectivity index (χ0v) is 39.6. The van der Waals surface area contributed by atoms with Gasteiger partial charge in [0, 0.05) is 33.7 Å². The molecule has 0 amide bonds. The molecule has 340 valence electrons. The topological polar surface area (TPSA) is 26.6 Å². The van der Waals surface area contributed by atoms with Gasteiger partial charge in [0.05, 0.1) is 30.8 Å². The van der Waals surface area contributed by atoms with Gasteiger partial charge in [-0.05, 0) is 147 Å². The van der Waals surface area contributed by atoms with Crippen molar-refractivity contribution in [2.75, 3.05) is 19.1 Å². The zero-order chi connectivity index (χ0) is 47.7. The third-order valence-corrected chi connectivity index (χ3v) is 14.1. The number of benzene rings is 10. The fourth-order valence-corrected chi connectivity index (χ4v) is 10.8. The van der Waals surface area contributed by atoms with E-state index in [1.807, 2.05) is 24.3 Å². The molecule has 1 aromatic heterocycles. The van der Waals surface area contributed by atoms with Crippen molar-refractivity contribution >= 4 is 40.1 Å². The maximum atomic E-state index is 5.49. The second-order valence-electron chi connectivity index (χ2n) is 18.0. The summed E-state index contributed by atoms with van der Waals surface area (Å²) in [5.74, 6) is 1.63. The number of ether oxygens (including phenoxy) is 2. The molecule has 0 aliphatic heterocycles. The third-order valence-electron chi connectivity index (χ3n) is 14.1. The van der Waals surface area contributed by atoms with Gasteiger partial charge in [0.2, 0.25) is 0 Å². The van der Waals surface area contributed by atoms with Crippen molar-refractivity contribution in [2.45, 2.75) is 5.41 Å².